The Kier molecular flexibility index (Phi) is 4.15. The number of rotatable bonds is 4. The van der Waals surface area contributed by atoms with Gasteiger partial charge in [-0.3, -0.25) is 10.1 Å². The number of halogens is 3. The van der Waals surface area contributed by atoms with Gasteiger partial charge in [-0.05, 0) is 23.8 Å². The Morgan fingerprint density at radius 2 is 1.82 bits per heavy atom. The lowest BCUT2D eigenvalue weighted by atomic mass is 10.1. The predicted octanol–water partition coefficient (Wildman–Crippen LogP) is 3.20. The molecule has 0 saturated carbocycles. The summed E-state index contributed by atoms with van der Waals surface area (Å²) >= 11 is 0. The summed E-state index contributed by atoms with van der Waals surface area (Å²) in [6.45, 7) is 0.211. The van der Waals surface area contributed by atoms with Crippen LogP contribution in [0.4, 0.5) is 30.5 Å². The fraction of sp³-hybridized carbons (Fsp3) is 0.154. The minimum Gasteiger partial charge on any atom is -0.378 e. The molecule has 0 aliphatic carbocycles. The molecule has 1 heterocycles. The Balaban J connectivity index is 2.04. The smallest absolute Gasteiger partial charge is 0.378 e. The fourth-order valence-electron chi connectivity index (χ4n) is 1.72. The average molecular weight is 312 g/mol. The number of anilines is 2. The first-order valence-corrected chi connectivity index (χ1v) is 6.08. The van der Waals surface area contributed by atoms with E-state index in [2.05, 4.69) is 10.3 Å². The lowest BCUT2D eigenvalue weighted by Crippen LogP contribution is -2.07. The van der Waals surface area contributed by atoms with E-state index in [1.807, 2.05) is 0 Å². The molecule has 6 nitrogen and oxygen atoms in total. The molecule has 2 aromatic rings. The third-order valence-electron chi connectivity index (χ3n) is 2.85. The number of alkyl halides is 3. The Morgan fingerprint density at radius 1 is 1.18 bits per heavy atom. The minimum absolute atomic E-state index is 0.211. The lowest BCUT2D eigenvalue weighted by molar-refractivity contribution is -0.384. The Hall–Kier alpha value is -2.84. The van der Waals surface area contributed by atoms with Crippen molar-refractivity contribution >= 4 is 17.3 Å². The number of nitrogens with two attached hydrogens (primary N) is 1. The second-order valence-corrected chi connectivity index (χ2v) is 4.41. The maximum Gasteiger partial charge on any atom is 0.416 e. The molecule has 0 aliphatic rings. The Bertz CT molecular complexity index is 687. The molecular formula is C13H11F3N4O2. The van der Waals surface area contributed by atoms with Gasteiger partial charge in [-0.25, -0.2) is 4.98 Å². The van der Waals surface area contributed by atoms with Gasteiger partial charge in [0.25, 0.3) is 0 Å². The summed E-state index contributed by atoms with van der Waals surface area (Å²) in [6, 6.07) is 7.22. The molecule has 0 aliphatic heterocycles. The number of nitrogens with one attached hydrogen (secondary N) is 1. The van der Waals surface area contributed by atoms with E-state index in [-0.39, 0.29) is 18.1 Å². The number of nitrogens with zero attached hydrogens (tertiary/aromatic N) is 2. The number of nitrogen functional groups attached to an aromatic ring is 1. The van der Waals surface area contributed by atoms with Gasteiger partial charge in [0.15, 0.2) is 0 Å². The van der Waals surface area contributed by atoms with Gasteiger partial charge >= 0.3 is 11.9 Å². The molecule has 0 spiro atoms. The molecule has 0 amide bonds. The van der Waals surface area contributed by atoms with Crippen LogP contribution in [0.15, 0.2) is 36.4 Å². The quantitative estimate of drug-likeness (QED) is 0.668. The van der Waals surface area contributed by atoms with Crippen molar-refractivity contribution in [1.82, 2.24) is 4.98 Å². The van der Waals surface area contributed by atoms with Gasteiger partial charge < -0.3 is 11.1 Å². The average Bonchev–Trinajstić information content (AvgIpc) is 2.44. The number of benzene rings is 1. The maximum absolute atomic E-state index is 12.4. The van der Waals surface area contributed by atoms with Gasteiger partial charge in [0, 0.05) is 12.6 Å². The fourth-order valence-corrected chi connectivity index (χ4v) is 1.72. The summed E-state index contributed by atoms with van der Waals surface area (Å²) in [5, 5.41) is 13.4. The van der Waals surface area contributed by atoms with Crippen molar-refractivity contribution in [1.29, 1.82) is 0 Å². The summed E-state index contributed by atoms with van der Waals surface area (Å²) in [4.78, 5) is 13.8. The van der Waals surface area contributed by atoms with Gasteiger partial charge in [0.05, 0.1) is 10.5 Å². The molecule has 116 valence electrons. The van der Waals surface area contributed by atoms with Crippen LogP contribution in [0.1, 0.15) is 11.1 Å². The zero-order chi connectivity index (χ0) is 16.3. The monoisotopic (exact) mass is 312 g/mol. The number of hydrogen-bond acceptors (Lipinski definition) is 5. The first-order valence-electron chi connectivity index (χ1n) is 6.08. The van der Waals surface area contributed by atoms with Crippen molar-refractivity contribution < 1.29 is 18.1 Å². The number of aromatic nitrogens is 1. The van der Waals surface area contributed by atoms with E-state index in [4.69, 9.17) is 5.73 Å². The lowest BCUT2D eigenvalue weighted by Gasteiger charge is -2.09. The highest BCUT2D eigenvalue weighted by Crippen LogP contribution is 2.29. The summed E-state index contributed by atoms with van der Waals surface area (Å²) < 4.78 is 37.3. The van der Waals surface area contributed by atoms with E-state index in [0.29, 0.717) is 11.4 Å². The maximum atomic E-state index is 12.4. The van der Waals surface area contributed by atoms with Crippen LogP contribution >= 0.6 is 0 Å². The van der Waals surface area contributed by atoms with Crippen molar-refractivity contribution in [3.05, 3.63) is 57.6 Å². The number of hydrogen-bond donors (Lipinski definition) is 2. The van der Waals surface area contributed by atoms with Gasteiger partial charge in [0.1, 0.15) is 5.82 Å². The molecule has 0 bridgehead atoms. The Labute approximate surface area is 122 Å². The normalized spacial score (nSPS) is 11.2. The zero-order valence-corrected chi connectivity index (χ0v) is 11.1. The van der Waals surface area contributed by atoms with Crippen molar-refractivity contribution in [3.63, 3.8) is 0 Å². The molecule has 9 heteroatoms. The van der Waals surface area contributed by atoms with Gasteiger partial charge in [0.2, 0.25) is 5.82 Å². The highest BCUT2D eigenvalue weighted by Gasteiger charge is 2.29. The number of pyridine rings is 1. The molecular weight excluding hydrogens is 301 g/mol. The van der Waals surface area contributed by atoms with E-state index in [1.54, 1.807) is 0 Å². The minimum atomic E-state index is -4.37. The van der Waals surface area contributed by atoms with Crippen molar-refractivity contribution in [3.8, 4) is 0 Å². The Morgan fingerprint density at radius 3 is 2.32 bits per heavy atom. The van der Waals surface area contributed by atoms with Gasteiger partial charge in [-0.15, -0.1) is 0 Å². The molecule has 2 rings (SSSR count). The van der Waals surface area contributed by atoms with Crippen molar-refractivity contribution in [2.75, 3.05) is 11.1 Å². The van der Waals surface area contributed by atoms with E-state index in [9.17, 15) is 23.3 Å². The summed E-state index contributed by atoms with van der Waals surface area (Å²) in [5.74, 6) is 0.0606. The molecule has 0 atom stereocenters. The predicted molar refractivity (Wildman–Crippen MR) is 74.1 cm³/mol. The van der Waals surface area contributed by atoms with Crippen LogP contribution in [0, 0.1) is 10.1 Å². The van der Waals surface area contributed by atoms with Crippen LogP contribution in [-0.2, 0) is 12.7 Å². The first-order chi connectivity index (χ1) is 10.3. The highest BCUT2D eigenvalue weighted by atomic mass is 19.4. The molecule has 0 unspecified atom stereocenters. The number of nitro groups is 1. The first kappa shape index (κ1) is 15.5. The molecule has 0 saturated heterocycles. The molecule has 0 fully saturated rings. The molecule has 0 radical (unpaired) electrons. The van der Waals surface area contributed by atoms with Crippen LogP contribution < -0.4 is 11.1 Å². The zero-order valence-electron chi connectivity index (χ0n) is 11.1. The van der Waals surface area contributed by atoms with Crippen LogP contribution in [0.25, 0.3) is 0 Å². The molecule has 1 aromatic heterocycles. The van der Waals surface area contributed by atoms with Crippen LogP contribution in [0.2, 0.25) is 0 Å². The van der Waals surface area contributed by atoms with Crippen LogP contribution in [-0.4, -0.2) is 9.91 Å². The third-order valence-corrected chi connectivity index (χ3v) is 2.85. The largest absolute Gasteiger partial charge is 0.416 e. The standard InChI is InChI=1S/C13H11F3N4O2/c14-13(15,16)9-3-1-8(2-4-9)7-18-11-6-5-10(20(21)22)12(17)19-11/h1-6H,7H2,(H3,17,18,19). The molecule has 3 N–H and O–H groups in total. The molecule has 22 heavy (non-hydrogen) atoms. The van der Waals surface area contributed by atoms with Gasteiger partial charge in [-0.1, -0.05) is 12.1 Å². The second-order valence-electron chi connectivity index (χ2n) is 4.41. The second kappa shape index (κ2) is 5.88. The van der Waals surface area contributed by atoms with Gasteiger partial charge in [-0.2, -0.15) is 13.2 Å². The highest BCUT2D eigenvalue weighted by molar-refractivity contribution is 5.57. The van der Waals surface area contributed by atoms with Crippen molar-refractivity contribution in [2.45, 2.75) is 12.7 Å². The summed E-state index contributed by atoms with van der Waals surface area (Å²) in [5.41, 5.74) is 5.01. The van der Waals surface area contributed by atoms with E-state index >= 15 is 0 Å². The third kappa shape index (κ3) is 3.62. The summed E-state index contributed by atoms with van der Waals surface area (Å²) in [7, 11) is 0. The van der Waals surface area contributed by atoms with E-state index in [1.165, 1.54) is 24.3 Å². The van der Waals surface area contributed by atoms with Crippen LogP contribution in [0.3, 0.4) is 0 Å². The van der Waals surface area contributed by atoms with Crippen molar-refractivity contribution in [2.24, 2.45) is 0 Å². The van der Waals surface area contributed by atoms with E-state index < -0.39 is 16.7 Å². The van der Waals surface area contributed by atoms with E-state index in [0.717, 1.165) is 12.1 Å². The topological polar surface area (TPSA) is 94.1 Å². The SMILES string of the molecule is Nc1nc(NCc2ccc(C(F)(F)F)cc2)ccc1[N+](=O)[O-]. The molecule has 1 aromatic carbocycles. The van der Waals surface area contributed by atoms with Crippen LogP contribution in [0.5, 0.6) is 0 Å². The summed E-state index contributed by atoms with van der Waals surface area (Å²) in [6.07, 6.45) is -4.37.